The molecule has 3 N–H and O–H groups in total. The Morgan fingerprint density at radius 2 is 1.57 bits per heavy atom. The van der Waals surface area contributed by atoms with E-state index < -0.39 is 23.5 Å². The molecule has 3 aliphatic carbocycles. The lowest BCUT2D eigenvalue weighted by Crippen LogP contribution is -2.53. The van der Waals surface area contributed by atoms with Crippen molar-refractivity contribution in [1.29, 1.82) is 0 Å². The van der Waals surface area contributed by atoms with E-state index in [2.05, 4.69) is 17.4 Å². The van der Waals surface area contributed by atoms with Gasteiger partial charge in [-0.2, -0.15) is 0 Å². The normalized spacial score (nSPS) is 27.3. The number of nitrogens with one attached hydrogen (secondary N) is 1. The van der Waals surface area contributed by atoms with Gasteiger partial charge in [0.25, 0.3) is 0 Å². The molecule has 3 saturated carbocycles. The number of benzene rings is 2. The standard InChI is InChI=1S/C23H24F3N3O/c24-18-11-14-12-29(13-17(14)19(25)20(18)26)21(30)28-16-3-1-15(2-4-16)22-5-8-23(27,9-6-22)10-7-22/h1-4,11H,5-10,12-13,27H2,(H,28,30). The van der Waals surface area contributed by atoms with Crippen LogP contribution in [0.25, 0.3) is 0 Å². The van der Waals surface area contributed by atoms with Crippen LogP contribution in [-0.4, -0.2) is 16.5 Å². The molecule has 2 bridgehead atoms. The number of urea groups is 1. The highest BCUT2D eigenvalue weighted by Gasteiger charge is 2.47. The molecular weight excluding hydrogens is 391 g/mol. The van der Waals surface area contributed by atoms with E-state index >= 15 is 0 Å². The third-order valence-corrected chi connectivity index (χ3v) is 7.41. The van der Waals surface area contributed by atoms with E-state index in [1.165, 1.54) is 10.5 Å². The topological polar surface area (TPSA) is 58.4 Å². The van der Waals surface area contributed by atoms with Crippen LogP contribution in [0.4, 0.5) is 23.7 Å². The van der Waals surface area contributed by atoms with Crippen molar-refractivity contribution in [3.63, 3.8) is 0 Å². The first-order valence-electron chi connectivity index (χ1n) is 10.4. The van der Waals surface area contributed by atoms with Gasteiger partial charge in [-0.05, 0) is 73.3 Å². The second-order valence-electron chi connectivity index (χ2n) is 9.13. The Morgan fingerprint density at radius 3 is 2.20 bits per heavy atom. The lowest BCUT2D eigenvalue weighted by atomic mass is 9.55. The predicted octanol–water partition coefficient (Wildman–Crippen LogP) is 4.95. The van der Waals surface area contributed by atoms with Crippen molar-refractivity contribution >= 4 is 11.7 Å². The van der Waals surface area contributed by atoms with Gasteiger partial charge >= 0.3 is 6.03 Å². The number of anilines is 1. The summed E-state index contributed by atoms with van der Waals surface area (Å²) in [6.07, 6.45) is 6.45. The molecule has 2 aromatic rings. The third kappa shape index (κ3) is 3.07. The molecule has 2 amide bonds. The average Bonchev–Trinajstić information content (AvgIpc) is 3.18. The first-order valence-corrected chi connectivity index (χ1v) is 10.4. The van der Waals surface area contributed by atoms with E-state index in [4.69, 9.17) is 5.73 Å². The van der Waals surface area contributed by atoms with Crippen LogP contribution in [-0.2, 0) is 18.5 Å². The van der Waals surface area contributed by atoms with E-state index in [1.54, 1.807) is 0 Å². The van der Waals surface area contributed by atoms with Crippen molar-refractivity contribution in [3.05, 3.63) is 64.5 Å². The van der Waals surface area contributed by atoms with Gasteiger partial charge in [-0.1, -0.05) is 12.1 Å². The predicted molar refractivity (Wildman–Crippen MR) is 107 cm³/mol. The fourth-order valence-corrected chi connectivity index (χ4v) is 5.35. The van der Waals surface area contributed by atoms with E-state index in [1.807, 2.05) is 12.1 Å². The molecular formula is C23H24F3N3O. The molecule has 30 heavy (non-hydrogen) atoms. The van der Waals surface area contributed by atoms with E-state index in [0.29, 0.717) is 11.3 Å². The minimum Gasteiger partial charge on any atom is -0.325 e. The Balaban J connectivity index is 1.27. The maximum Gasteiger partial charge on any atom is 0.322 e. The first kappa shape index (κ1) is 19.4. The Kier molecular flexibility index (Phi) is 4.36. The molecule has 4 nitrogen and oxygen atoms in total. The minimum atomic E-state index is -1.50. The fourth-order valence-electron chi connectivity index (χ4n) is 5.35. The van der Waals surface area contributed by atoms with Crippen molar-refractivity contribution in [1.82, 2.24) is 4.90 Å². The number of fused-ring (bicyclic) bond motifs is 4. The number of hydrogen-bond donors (Lipinski definition) is 2. The van der Waals surface area contributed by atoms with Gasteiger partial charge in [0.05, 0.1) is 6.54 Å². The van der Waals surface area contributed by atoms with Crippen LogP contribution >= 0.6 is 0 Å². The zero-order valence-corrected chi connectivity index (χ0v) is 16.6. The summed E-state index contributed by atoms with van der Waals surface area (Å²) >= 11 is 0. The van der Waals surface area contributed by atoms with Gasteiger partial charge in [0.2, 0.25) is 0 Å². The number of nitrogens with zero attached hydrogens (tertiary/aromatic N) is 1. The van der Waals surface area contributed by atoms with Gasteiger partial charge in [-0.15, -0.1) is 0 Å². The molecule has 3 fully saturated rings. The van der Waals surface area contributed by atoms with Gasteiger partial charge in [0.15, 0.2) is 17.5 Å². The Bertz CT molecular complexity index is 997. The van der Waals surface area contributed by atoms with Gasteiger partial charge in [-0.25, -0.2) is 18.0 Å². The molecule has 158 valence electrons. The third-order valence-electron chi connectivity index (χ3n) is 7.41. The molecule has 0 unspecified atom stereocenters. The molecule has 0 radical (unpaired) electrons. The van der Waals surface area contributed by atoms with E-state index in [9.17, 15) is 18.0 Å². The summed E-state index contributed by atoms with van der Waals surface area (Å²) in [5, 5.41) is 2.80. The Labute approximate surface area is 173 Å². The molecule has 1 aliphatic heterocycles. The molecule has 2 aromatic carbocycles. The van der Waals surface area contributed by atoms with Crippen LogP contribution in [0.15, 0.2) is 30.3 Å². The number of hydrogen-bond acceptors (Lipinski definition) is 2. The molecule has 6 rings (SSSR count). The largest absolute Gasteiger partial charge is 0.325 e. The number of amides is 2. The molecule has 0 atom stereocenters. The van der Waals surface area contributed by atoms with Crippen LogP contribution in [0, 0.1) is 17.5 Å². The smallest absolute Gasteiger partial charge is 0.322 e. The molecule has 0 saturated heterocycles. The van der Waals surface area contributed by atoms with Crippen LogP contribution in [0.5, 0.6) is 0 Å². The number of nitrogens with two attached hydrogens (primary N) is 1. The summed E-state index contributed by atoms with van der Waals surface area (Å²) in [6.45, 7) is -0.0520. The fraction of sp³-hybridized carbons (Fsp3) is 0.435. The second-order valence-corrected chi connectivity index (χ2v) is 9.13. The highest BCUT2D eigenvalue weighted by molar-refractivity contribution is 5.89. The van der Waals surface area contributed by atoms with Crippen molar-refractivity contribution in [2.75, 3.05) is 5.32 Å². The monoisotopic (exact) mass is 415 g/mol. The van der Waals surface area contributed by atoms with Crippen molar-refractivity contribution in [2.24, 2.45) is 5.73 Å². The SMILES string of the molecule is NC12CCC(c3ccc(NC(=O)N4Cc5cc(F)c(F)c(F)c5C4)cc3)(CC1)CC2. The summed E-state index contributed by atoms with van der Waals surface area (Å²) in [4.78, 5) is 13.9. The summed E-state index contributed by atoms with van der Waals surface area (Å²) in [6, 6.07) is 8.41. The molecule has 1 heterocycles. The van der Waals surface area contributed by atoms with Gasteiger partial charge in [0.1, 0.15) is 0 Å². The van der Waals surface area contributed by atoms with Crippen LogP contribution in [0.3, 0.4) is 0 Å². The highest BCUT2D eigenvalue weighted by Crippen LogP contribution is 2.52. The highest BCUT2D eigenvalue weighted by atomic mass is 19.2. The van der Waals surface area contributed by atoms with Crippen LogP contribution in [0.2, 0.25) is 0 Å². The molecule has 4 aliphatic rings. The van der Waals surface area contributed by atoms with Gasteiger partial charge in [-0.3, -0.25) is 0 Å². The van der Waals surface area contributed by atoms with E-state index in [-0.39, 0.29) is 29.6 Å². The van der Waals surface area contributed by atoms with Crippen LogP contribution < -0.4 is 11.1 Å². The summed E-state index contributed by atoms with van der Waals surface area (Å²) < 4.78 is 40.9. The maximum atomic E-state index is 14.0. The lowest BCUT2D eigenvalue weighted by Gasteiger charge is -2.52. The Hall–Kier alpha value is -2.54. The lowest BCUT2D eigenvalue weighted by molar-refractivity contribution is 0.107. The molecule has 0 spiro atoms. The molecule has 0 aromatic heterocycles. The number of carbonyl (C=O) groups excluding carboxylic acids is 1. The van der Waals surface area contributed by atoms with Crippen molar-refractivity contribution in [2.45, 2.75) is 62.6 Å². The van der Waals surface area contributed by atoms with Crippen LogP contribution in [0.1, 0.15) is 55.2 Å². The summed E-state index contributed by atoms with van der Waals surface area (Å²) in [5.74, 6) is -3.95. The zero-order valence-electron chi connectivity index (χ0n) is 16.6. The number of halogens is 3. The van der Waals surface area contributed by atoms with Gasteiger partial charge < -0.3 is 16.0 Å². The second kappa shape index (κ2) is 6.74. The minimum absolute atomic E-state index is 0.0221. The quantitative estimate of drug-likeness (QED) is 0.682. The number of rotatable bonds is 2. The van der Waals surface area contributed by atoms with Crippen molar-refractivity contribution < 1.29 is 18.0 Å². The molecule has 7 heteroatoms. The summed E-state index contributed by atoms with van der Waals surface area (Å²) in [7, 11) is 0. The maximum absolute atomic E-state index is 14.0. The first-order chi connectivity index (χ1) is 14.3. The summed E-state index contributed by atoms with van der Waals surface area (Å²) in [5.41, 5.74) is 8.86. The van der Waals surface area contributed by atoms with E-state index in [0.717, 1.165) is 44.6 Å². The van der Waals surface area contributed by atoms with Gasteiger partial charge in [0, 0.05) is 23.3 Å². The Morgan fingerprint density at radius 1 is 0.933 bits per heavy atom. The van der Waals surface area contributed by atoms with Crippen molar-refractivity contribution in [3.8, 4) is 0 Å². The average molecular weight is 415 g/mol. The zero-order chi connectivity index (χ0) is 21.1. The number of carbonyl (C=O) groups is 1.